The van der Waals surface area contributed by atoms with Crippen LogP contribution in [-0.2, 0) is 23.6 Å². The SMILES string of the molecule is CCCCCCCCCCCCc1ccc(S(=O)(=O)[O-])cc1.COc1ccc2c(ccc[n+]2C)c1. The van der Waals surface area contributed by atoms with E-state index in [9.17, 15) is 13.0 Å². The van der Waals surface area contributed by atoms with Gasteiger partial charge in [0.25, 0.3) is 0 Å². The van der Waals surface area contributed by atoms with Gasteiger partial charge in [0.05, 0.1) is 17.4 Å². The first-order valence-corrected chi connectivity index (χ1v) is 14.2. The summed E-state index contributed by atoms with van der Waals surface area (Å²) >= 11 is 0. The lowest BCUT2D eigenvalue weighted by Crippen LogP contribution is -2.27. The molecule has 0 aliphatic rings. The minimum absolute atomic E-state index is 0.140. The minimum Gasteiger partial charge on any atom is -0.744 e. The Morgan fingerprint density at radius 2 is 1.43 bits per heavy atom. The fraction of sp³-hybridized carbons (Fsp3) is 0.483. The van der Waals surface area contributed by atoms with Crippen molar-refractivity contribution in [3.05, 3.63) is 66.4 Å². The molecule has 6 heteroatoms. The monoisotopic (exact) mass is 499 g/mol. The Balaban J connectivity index is 0.000000279. The number of unbranched alkanes of at least 4 members (excludes halogenated alkanes) is 9. The van der Waals surface area contributed by atoms with Crippen LogP contribution in [0.5, 0.6) is 5.75 Å². The van der Waals surface area contributed by atoms with E-state index in [0.29, 0.717) is 0 Å². The number of hydrogen-bond acceptors (Lipinski definition) is 4. The lowest BCUT2D eigenvalue weighted by Gasteiger charge is -2.08. The van der Waals surface area contributed by atoms with Gasteiger partial charge in [0.1, 0.15) is 22.9 Å². The van der Waals surface area contributed by atoms with Crippen molar-refractivity contribution in [3.8, 4) is 5.75 Å². The molecule has 1 heterocycles. The molecule has 0 aliphatic heterocycles. The van der Waals surface area contributed by atoms with Crippen LogP contribution >= 0.6 is 0 Å². The molecular formula is C29H41NO4S. The molecule has 0 unspecified atom stereocenters. The molecule has 0 aliphatic carbocycles. The number of pyridine rings is 1. The molecule has 0 amide bonds. The number of hydrogen-bond donors (Lipinski definition) is 0. The maximum atomic E-state index is 10.8. The van der Waals surface area contributed by atoms with Gasteiger partial charge < -0.3 is 9.29 Å². The summed E-state index contributed by atoms with van der Waals surface area (Å²) in [4.78, 5) is -0.140. The highest BCUT2D eigenvalue weighted by molar-refractivity contribution is 7.85. The van der Waals surface area contributed by atoms with Gasteiger partial charge in [-0.3, -0.25) is 0 Å². The third-order valence-corrected chi connectivity index (χ3v) is 7.08. The predicted molar refractivity (Wildman–Crippen MR) is 142 cm³/mol. The van der Waals surface area contributed by atoms with Crippen LogP contribution < -0.4 is 9.30 Å². The second-order valence-corrected chi connectivity index (χ2v) is 10.5. The summed E-state index contributed by atoms with van der Waals surface area (Å²) < 4.78 is 39.7. The van der Waals surface area contributed by atoms with Crippen molar-refractivity contribution in [2.45, 2.75) is 82.4 Å². The molecule has 0 fully saturated rings. The van der Waals surface area contributed by atoms with Crippen LogP contribution in [0.15, 0.2) is 65.7 Å². The van der Waals surface area contributed by atoms with Gasteiger partial charge in [-0.05, 0) is 48.7 Å². The van der Waals surface area contributed by atoms with Gasteiger partial charge in [0.15, 0.2) is 6.20 Å². The first-order valence-electron chi connectivity index (χ1n) is 12.8. The molecule has 1 aromatic heterocycles. The van der Waals surface area contributed by atoms with E-state index >= 15 is 0 Å². The lowest BCUT2D eigenvalue weighted by molar-refractivity contribution is -0.644. The molecule has 5 nitrogen and oxygen atoms in total. The van der Waals surface area contributed by atoms with Gasteiger partial charge >= 0.3 is 0 Å². The molecule has 0 saturated carbocycles. The number of aromatic nitrogens is 1. The van der Waals surface area contributed by atoms with Crippen molar-refractivity contribution in [1.29, 1.82) is 0 Å². The van der Waals surface area contributed by atoms with Crippen LogP contribution in [0.3, 0.4) is 0 Å². The van der Waals surface area contributed by atoms with Gasteiger partial charge in [0.2, 0.25) is 5.52 Å². The van der Waals surface area contributed by atoms with Gasteiger partial charge in [-0.2, -0.15) is 0 Å². The maximum Gasteiger partial charge on any atom is 0.212 e. The van der Waals surface area contributed by atoms with E-state index in [1.165, 1.54) is 80.8 Å². The Kier molecular flexibility index (Phi) is 12.8. The van der Waals surface area contributed by atoms with Crippen molar-refractivity contribution in [3.63, 3.8) is 0 Å². The third-order valence-electron chi connectivity index (χ3n) is 6.23. The van der Waals surface area contributed by atoms with Crippen LogP contribution in [0, 0.1) is 0 Å². The quantitative estimate of drug-likeness (QED) is 0.149. The van der Waals surface area contributed by atoms with Crippen molar-refractivity contribution in [2.75, 3.05) is 7.11 Å². The Bertz CT molecular complexity index is 1110. The summed E-state index contributed by atoms with van der Waals surface area (Å²) in [6.45, 7) is 2.24. The van der Waals surface area contributed by atoms with Crippen LogP contribution in [-0.4, -0.2) is 20.1 Å². The highest BCUT2D eigenvalue weighted by Crippen LogP contribution is 2.17. The number of fused-ring (bicyclic) bond motifs is 1. The first kappa shape index (κ1) is 28.8. The van der Waals surface area contributed by atoms with Crippen molar-refractivity contribution < 1.29 is 22.3 Å². The van der Waals surface area contributed by atoms with Crippen molar-refractivity contribution in [1.82, 2.24) is 0 Å². The van der Waals surface area contributed by atoms with Crippen molar-refractivity contribution >= 4 is 21.0 Å². The number of rotatable bonds is 13. The number of ether oxygens (including phenoxy) is 1. The van der Waals surface area contributed by atoms with Crippen LogP contribution in [0.4, 0.5) is 0 Å². The van der Waals surface area contributed by atoms with Gasteiger partial charge in [-0.15, -0.1) is 0 Å². The molecular weight excluding hydrogens is 458 g/mol. The Morgan fingerprint density at radius 1 is 0.829 bits per heavy atom. The normalized spacial score (nSPS) is 11.2. The summed E-state index contributed by atoms with van der Waals surface area (Å²) in [6.07, 6.45) is 16.1. The minimum atomic E-state index is -4.31. The number of nitrogens with zero attached hydrogens (tertiary/aromatic N) is 1. The fourth-order valence-electron chi connectivity index (χ4n) is 4.11. The Labute approximate surface area is 211 Å². The topological polar surface area (TPSA) is 70.3 Å². The van der Waals surface area contributed by atoms with E-state index in [4.69, 9.17) is 4.74 Å². The van der Waals surface area contributed by atoms with E-state index in [2.05, 4.69) is 23.6 Å². The van der Waals surface area contributed by atoms with Crippen LogP contribution in [0.2, 0.25) is 0 Å². The van der Waals surface area contributed by atoms with Gasteiger partial charge in [-0.25, -0.2) is 13.0 Å². The van der Waals surface area contributed by atoms with E-state index < -0.39 is 10.1 Å². The van der Waals surface area contributed by atoms with Crippen LogP contribution in [0.25, 0.3) is 10.9 Å². The zero-order valence-corrected chi connectivity index (χ0v) is 22.4. The molecule has 3 aromatic rings. The lowest BCUT2D eigenvalue weighted by atomic mass is 10.0. The van der Waals surface area contributed by atoms with E-state index in [-0.39, 0.29) is 4.90 Å². The summed E-state index contributed by atoms with van der Waals surface area (Å²) in [5.74, 6) is 0.902. The second kappa shape index (κ2) is 15.5. The standard InChI is InChI=1S/C18H30O3S.C11H12NO/c1-2-3-4-5-6-7-8-9-10-11-12-17-13-15-18(16-14-17)22(19,20)21;1-12-7-3-4-9-8-10(13-2)5-6-11(9)12/h13-16H,2-12H2,1H3,(H,19,20,21);3-8H,1-2H3/q;+1/p-1. The predicted octanol–water partition coefficient (Wildman–Crippen LogP) is 6.73. The number of methoxy groups -OCH3 is 1. The third kappa shape index (κ3) is 10.8. The number of benzene rings is 2. The molecule has 0 bridgehead atoms. The average molecular weight is 500 g/mol. The molecule has 0 N–H and O–H groups in total. The Hall–Kier alpha value is -2.44. The molecule has 35 heavy (non-hydrogen) atoms. The summed E-state index contributed by atoms with van der Waals surface area (Å²) in [5.41, 5.74) is 2.32. The summed E-state index contributed by atoms with van der Waals surface area (Å²) in [7, 11) is -0.593. The summed E-state index contributed by atoms with van der Waals surface area (Å²) in [6, 6.07) is 16.5. The van der Waals surface area contributed by atoms with Gasteiger partial charge in [0, 0.05) is 12.1 Å². The van der Waals surface area contributed by atoms with E-state index in [1.807, 2.05) is 31.4 Å². The largest absolute Gasteiger partial charge is 0.744 e. The highest BCUT2D eigenvalue weighted by Gasteiger charge is 2.04. The fourth-order valence-corrected chi connectivity index (χ4v) is 4.58. The first-order chi connectivity index (χ1) is 16.8. The number of aryl methyl sites for hydroxylation is 2. The molecule has 3 rings (SSSR count). The highest BCUT2D eigenvalue weighted by atomic mass is 32.2. The molecule has 192 valence electrons. The molecule has 0 spiro atoms. The van der Waals surface area contributed by atoms with Crippen molar-refractivity contribution in [2.24, 2.45) is 7.05 Å². The second-order valence-electron chi connectivity index (χ2n) is 9.07. The zero-order chi connectivity index (χ0) is 25.5. The molecule has 0 atom stereocenters. The van der Waals surface area contributed by atoms with E-state index in [1.54, 1.807) is 19.2 Å². The molecule has 0 saturated heterocycles. The molecule has 0 radical (unpaired) electrons. The van der Waals surface area contributed by atoms with Crippen LogP contribution in [0.1, 0.15) is 76.7 Å². The summed E-state index contributed by atoms with van der Waals surface area (Å²) in [5, 5.41) is 1.20. The molecule has 2 aromatic carbocycles. The smallest absolute Gasteiger partial charge is 0.212 e. The van der Waals surface area contributed by atoms with E-state index in [0.717, 1.165) is 24.2 Å². The Morgan fingerprint density at radius 3 is 2.00 bits per heavy atom. The maximum absolute atomic E-state index is 10.8. The van der Waals surface area contributed by atoms with Gasteiger partial charge in [-0.1, -0.05) is 76.8 Å². The average Bonchev–Trinajstić information content (AvgIpc) is 2.85. The zero-order valence-electron chi connectivity index (χ0n) is 21.5.